The molecule has 0 spiro atoms. The van der Waals surface area contributed by atoms with Gasteiger partial charge in [0.05, 0.1) is 6.54 Å². The predicted octanol–water partition coefficient (Wildman–Crippen LogP) is 2.58. The highest BCUT2D eigenvalue weighted by Gasteiger charge is 2.23. The lowest BCUT2D eigenvalue weighted by molar-refractivity contribution is 0.216. The van der Waals surface area contributed by atoms with Gasteiger partial charge in [-0.2, -0.15) is 0 Å². The van der Waals surface area contributed by atoms with E-state index in [4.69, 9.17) is 9.40 Å². The minimum absolute atomic E-state index is 0.458. The Kier molecular flexibility index (Phi) is 4.81. The van der Waals surface area contributed by atoms with Gasteiger partial charge in [0.2, 0.25) is 5.09 Å². The minimum atomic E-state index is -4.54. The highest BCUT2D eigenvalue weighted by Crippen LogP contribution is 2.31. The first kappa shape index (κ1) is 17.6. The van der Waals surface area contributed by atoms with Crippen molar-refractivity contribution < 1.29 is 17.4 Å². The van der Waals surface area contributed by atoms with Gasteiger partial charge in [0.15, 0.2) is 10.1 Å². The standard InChI is InChI=1S/C18H23N3O4S/c22-26(23,24)17-7-6-15(25-17)12-21-9-8-16-14(11-21)10-19-18(20-16)13-4-2-1-3-5-13/h6-7,10,13H,1-5,8-9,11-12H2,(H,22,23,24)/p-1. The molecular formula is C18H22N3O4S-. The van der Waals surface area contributed by atoms with Crippen LogP contribution in [0.2, 0.25) is 0 Å². The third-order valence-electron chi connectivity index (χ3n) is 5.26. The van der Waals surface area contributed by atoms with Crippen LogP contribution in [-0.4, -0.2) is 34.4 Å². The zero-order chi connectivity index (χ0) is 18.1. The number of nitrogens with zero attached hydrogens (tertiary/aromatic N) is 3. The molecule has 2 aromatic heterocycles. The maximum Gasteiger partial charge on any atom is 0.205 e. The molecule has 1 aliphatic heterocycles. The molecule has 0 aromatic carbocycles. The second-order valence-electron chi connectivity index (χ2n) is 7.17. The first-order chi connectivity index (χ1) is 12.5. The third-order valence-corrected chi connectivity index (χ3v) is 5.98. The topological polar surface area (TPSA) is 99.4 Å². The lowest BCUT2D eigenvalue weighted by Gasteiger charge is -2.28. The normalized spacial score (nSPS) is 19.4. The summed E-state index contributed by atoms with van der Waals surface area (Å²) in [4.78, 5) is 11.6. The Hall–Kier alpha value is -1.77. The minimum Gasteiger partial charge on any atom is -0.742 e. The van der Waals surface area contributed by atoms with E-state index in [2.05, 4.69) is 9.88 Å². The Balaban J connectivity index is 1.44. The summed E-state index contributed by atoms with van der Waals surface area (Å²) < 4.78 is 38.1. The monoisotopic (exact) mass is 376 g/mol. The average Bonchev–Trinajstić information content (AvgIpc) is 3.11. The van der Waals surface area contributed by atoms with Crippen LogP contribution in [0, 0.1) is 0 Å². The van der Waals surface area contributed by atoms with Crippen LogP contribution in [0.5, 0.6) is 0 Å². The summed E-state index contributed by atoms with van der Waals surface area (Å²) in [6, 6.07) is 2.76. The maximum atomic E-state index is 11.0. The van der Waals surface area contributed by atoms with E-state index in [1.54, 1.807) is 6.07 Å². The molecule has 1 fully saturated rings. The van der Waals surface area contributed by atoms with E-state index in [1.165, 1.54) is 38.2 Å². The molecule has 0 N–H and O–H groups in total. The van der Waals surface area contributed by atoms with Crippen molar-refractivity contribution in [2.45, 2.75) is 62.6 Å². The molecule has 8 heteroatoms. The molecule has 0 unspecified atom stereocenters. The van der Waals surface area contributed by atoms with Crippen molar-refractivity contribution in [2.24, 2.45) is 0 Å². The third kappa shape index (κ3) is 3.82. The summed E-state index contributed by atoms with van der Waals surface area (Å²) in [6.07, 6.45) is 9.01. The summed E-state index contributed by atoms with van der Waals surface area (Å²) in [5.74, 6) is 1.97. The van der Waals surface area contributed by atoms with Gasteiger partial charge < -0.3 is 8.97 Å². The molecule has 0 radical (unpaired) electrons. The Morgan fingerprint density at radius 2 is 2.04 bits per heavy atom. The molecule has 4 rings (SSSR count). The van der Waals surface area contributed by atoms with E-state index >= 15 is 0 Å². The Labute approximate surface area is 153 Å². The number of hydrogen-bond acceptors (Lipinski definition) is 7. The quantitative estimate of drug-likeness (QED) is 0.756. The molecule has 1 aliphatic carbocycles. The number of hydrogen-bond donors (Lipinski definition) is 0. The van der Waals surface area contributed by atoms with Crippen molar-refractivity contribution in [3.05, 3.63) is 41.2 Å². The van der Waals surface area contributed by atoms with E-state index in [9.17, 15) is 13.0 Å². The van der Waals surface area contributed by atoms with E-state index < -0.39 is 15.2 Å². The van der Waals surface area contributed by atoms with Crippen molar-refractivity contribution in [3.63, 3.8) is 0 Å². The van der Waals surface area contributed by atoms with Gasteiger partial charge >= 0.3 is 0 Å². The largest absolute Gasteiger partial charge is 0.742 e. The number of furan rings is 1. The fraction of sp³-hybridized carbons (Fsp3) is 0.556. The SMILES string of the molecule is O=S(=O)([O-])c1ccc(CN2CCc3nc(C4CCCCC4)ncc3C2)o1. The molecule has 2 aliphatic rings. The van der Waals surface area contributed by atoms with Crippen molar-refractivity contribution in [1.29, 1.82) is 0 Å². The van der Waals surface area contributed by atoms with Gasteiger partial charge in [0, 0.05) is 42.9 Å². The molecular weight excluding hydrogens is 354 g/mol. The van der Waals surface area contributed by atoms with Crippen LogP contribution in [0.25, 0.3) is 0 Å². The first-order valence-electron chi connectivity index (χ1n) is 9.11. The van der Waals surface area contributed by atoms with Crippen LogP contribution in [-0.2, 0) is 29.6 Å². The van der Waals surface area contributed by atoms with Crippen molar-refractivity contribution in [1.82, 2.24) is 14.9 Å². The number of fused-ring (bicyclic) bond motifs is 1. The highest BCUT2D eigenvalue weighted by molar-refractivity contribution is 7.85. The van der Waals surface area contributed by atoms with Crippen LogP contribution in [0.3, 0.4) is 0 Å². The average molecular weight is 376 g/mol. The van der Waals surface area contributed by atoms with Crippen molar-refractivity contribution in [3.8, 4) is 0 Å². The summed E-state index contributed by atoms with van der Waals surface area (Å²) in [7, 11) is -4.54. The van der Waals surface area contributed by atoms with E-state index in [1.807, 2.05) is 6.20 Å². The predicted molar refractivity (Wildman–Crippen MR) is 92.3 cm³/mol. The van der Waals surface area contributed by atoms with E-state index in [0.29, 0.717) is 24.8 Å². The van der Waals surface area contributed by atoms with Gasteiger partial charge in [-0.25, -0.2) is 18.4 Å². The summed E-state index contributed by atoms with van der Waals surface area (Å²) in [5.41, 5.74) is 2.23. The molecule has 26 heavy (non-hydrogen) atoms. The maximum absolute atomic E-state index is 11.0. The van der Waals surface area contributed by atoms with Crippen molar-refractivity contribution in [2.75, 3.05) is 6.54 Å². The zero-order valence-electron chi connectivity index (χ0n) is 14.6. The van der Waals surface area contributed by atoms with Crippen LogP contribution >= 0.6 is 0 Å². The molecule has 0 bridgehead atoms. The van der Waals surface area contributed by atoms with Crippen LogP contribution < -0.4 is 0 Å². The van der Waals surface area contributed by atoms with Gasteiger partial charge in [-0.05, 0) is 25.0 Å². The summed E-state index contributed by atoms with van der Waals surface area (Å²) in [5, 5.41) is -0.523. The van der Waals surface area contributed by atoms with Gasteiger partial charge in [-0.1, -0.05) is 19.3 Å². The smallest absolute Gasteiger partial charge is 0.205 e. The molecule has 3 heterocycles. The molecule has 0 saturated heterocycles. The van der Waals surface area contributed by atoms with Crippen LogP contribution in [0.15, 0.2) is 27.8 Å². The molecule has 0 atom stereocenters. The highest BCUT2D eigenvalue weighted by atomic mass is 32.2. The Morgan fingerprint density at radius 3 is 2.77 bits per heavy atom. The van der Waals surface area contributed by atoms with Gasteiger partial charge in [-0.3, -0.25) is 4.90 Å². The summed E-state index contributed by atoms with van der Waals surface area (Å²) >= 11 is 0. The van der Waals surface area contributed by atoms with E-state index in [-0.39, 0.29) is 0 Å². The van der Waals surface area contributed by atoms with Crippen LogP contribution in [0.1, 0.15) is 60.9 Å². The van der Waals surface area contributed by atoms with Gasteiger partial charge in [0.25, 0.3) is 0 Å². The Morgan fingerprint density at radius 1 is 1.23 bits per heavy atom. The molecule has 140 valence electrons. The molecule has 0 amide bonds. The van der Waals surface area contributed by atoms with Crippen LogP contribution in [0.4, 0.5) is 0 Å². The lowest BCUT2D eigenvalue weighted by Crippen LogP contribution is -2.31. The second kappa shape index (κ2) is 7.09. The van der Waals surface area contributed by atoms with Crippen molar-refractivity contribution >= 4 is 10.1 Å². The zero-order valence-corrected chi connectivity index (χ0v) is 15.4. The fourth-order valence-corrected chi connectivity index (χ4v) is 4.32. The molecule has 2 aromatic rings. The second-order valence-corrected chi connectivity index (χ2v) is 8.48. The van der Waals surface area contributed by atoms with E-state index in [0.717, 1.165) is 30.0 Å². The molecule has 1 saturated carbocycles. The molecule has 7 nitrogen and oxygen atoms in total. The lowest BCUT2D eigenvalue weighted by atomic mass is 9.88. The van der Waals surface area contributed by atoms with Gasteiger partial charge in [0.1, 0.15) is 11.6 Å². The first-order valence-corrected chi connectivity index (χ1v) is 10.5. The Bertz CT molecular complexity index is 888. The van der Waals surface area contributed by atoms with Gasteiger partial charge in [-0.15, -0.1) is 0 Å². The summed E-state index contributed by atoms with van der Waals surface area (Å²) in [6.45, 7) is 1.97. The number of rotatable bonds is 4. The fourth-order valence-electron chi connectivity index (χ4n) is 3.88. The number of aromatic nitrogens is 2.